The first-order valence-corrected chi connectivity index (χ1v) is 25.0. The second kappa shape index (κ2) is 26.5. The topological polar surface area (TPSA) is 181 Å². The van der Waals surface area contributed by atoms with Gasteiger partial charge in [-0.05, 0) is 152 Å². The number of likely N-dealkylation sites (tertiary alicyclic amines) is 1. The smallest absolute Gasteiger partial charge is 0.408 e. The van der Waals surface area contributed by atoms with Crippen LogP contribution in [0.1, 0.15) is 115 Å². The highest BCUT2D eigenvalue weighted by Crippen LogP contribution is 2.39. The van der Waals surface area contributed by atoms with Crippen LogP contribution in [0.2, 0.25) is 5.02 Å². The fraction of sp³-hybridized carbons (Fsp3) is 0.566. The van der Waals surface area contributed by atoms with Crippen LogP contribution in [0.15, 0.2) is 84.9 Å². The Morgan fingerprint density at radius 2 is 1.31 bits per heavy atom. The van der Waals surface area contributed by atoms with Crippen LogP contribution in [0.3, 0.4) is 0 Å². The largest absolute Gasteiger partial charge is 0.465 e. The molecule has 1 saturated heterocycles. The molecule has 5 amide bonds. The summed E-state index contributed by atoms with van der Waals surface area (Å²) in [6.45, 7) is 7.78. The van der Waals surface area contributed by atoms with Crippen LogP contribution < -0.4 is 26.6 Å². The maximum Gasteiger partial charge on any atom is 0.408 e. The van der Waals surface area contributed by atoms with Crippen molar-refractivity contribution < 1.29 is 33.8 Å². The molecule has 0 spiro atoms. The van der Waals surface area contributed by atoms with Gasteiger partial charge in [0.1, 0.15) is 25.2 Å². The fourth-order valence-corrected chi connectivity index (χ4v) is 10.3. The lowest BCUT2D eigenvalue weighted by Crippen LogP contribution is -2.57. The third-order valence-corrected chi connectivity index (χ3v) is 14.2. The maximum atomic E-state index is 13.1. The average Bonchev–Trinajstić information content (AvgIpc) is 3.32. The number of likely N-dealkylation sites (N-methyl/N-ethyl adjacent to an activating group) is 1. The minimum absolute atomic E-state index is 0.0387. The Labute approximate surface area is 409 Å². The van der Waals surface area contributed by atoms with Gasteiger partial charge in [0.05, 0.1) is 0 Å². The number of amides is 5. The SMILES string of the molecule is CC(C)CC(NC(=O)CNC(=O)O)C(=O)NC1CCC(Cc2ccccc2)(N2CCCCC2)CC1.CC(NC(=O)OCc1ccccc1)C(=O)NC1CCC(Cc2cccc(Cl)c2)(N(C)C)CC1. The third kappa shape index (κ3) is 17.1. The number of hydrogen-bond donors (Lipinski definition) is 6. The van der Waals surface area contributed by atoms with Crippen LogP contribution in [-0.2, 0) is 38.6 Å². The Balaban J connectivity index is 0.000000255. The number of carbonyl (C=O) groups excluding carboxylic acids is 4. The number of ether oxygens (including phenoxy) is 1. The van der Waals surface area contributed by atoms with Crippen LogP contribution in [-0.4, -0.2) is 114 Å². The molecule has 1 aliphatic heterocycles. The quantitative estimate of drug-likeness (QED) is 0.0740. The van der Waals surface area contributed by atoms with E-state index < -0.39 is 30.2 Å². The van der Waals surface area contributed by atoms with Gasteiger partial charge in [0, 0.05) is 28.2 Å². The van der Waals surface area contributed by atoms with Gasteiger partial charge in [-0.3, -0.25) is 19.3 Å². The van der Waals surface area contributed by atoms with Crippen molar-refractivity contribution in [3.8, 4) is 0 Å². The Kier molecular flexibility index (Phi) is 21.0. The minimum atomic E-state index is -1.26. The summed E-state index contributed by atoms with van der Waals surface area (Å²) in [4.78, 5) is 65.6. The molecule has 2 atom stereocenters. The van der Waals surface area contributed by atoms with E-state index in [-0.39, 0.29) is 54.0 Å². The van der Waals surface area contributed by atoms with Crippen molar-refractivity contribution in [2.75, 3.05) is 33.7 Å². The molecule has 3 fully saturated rings. The molecule has 2 aliphatic carbocycles. The van der Waals surface area contributed by atoms with Crippen molar-refractivity contribution in [3.05, 3.63) is 107 Å². The molecule has 68 heavy (non-hydrogen) atoms. The van der Waals surface area contributed by atoms with E-state index in [1.165, 1.54) is 30.4 Å². The lowest BCUT2D eigenvalue weighted by Gasteiger charge is -2.50. The Morgan fingerprint density at radius 1 is 0.735 bits per heavy atom. The summed E-state index contributed by atoms with van der Waals surface area (Å²) >= 11 is 6.18. The first-order valence-electron chi connectivity index (χ1n) is 24.6. The predicted octanol–water partition coefficient (Wildman–Crippen LogP) is 7.87. The van der Waals surface area contributed by atoms with E-state index in [0.29, 0.717) is 6.42 Å². The van der Waals surface area contributed by atoms with Crippen molar-refractivity contribution >= 4 is 41.5 Å². The summed E-state index contributed by atoms with van der Waals surface area (Å²) < 4.78 is 5.21. The van der Waals surface area contributed by atoms with Gasteiger partial charge < -0.3 is 41.3 Å². The zero-order valence-electron chi connectivity index (χ0n) is 40.9. The molecule has 14 nitrogen and oxygen atoms in total. The Morgan fingerprint density at radius 3 is 1.88 bits per heavy atom. The van der Waals surface area contributed by atoms with Gasteiger partial charge in [0.2, 0.25) is 17.7 Å². The second-order valence-electron chi connectivity index (χ2n) is 19.8. The normalized spacial score (nSPS) is 22.6. The standard InChI is InChI=1S/C27H42N4O4.C26H34ClN3O3/c1-20(2)17-23(30-24(32)19-28-26(34)35)25(33)29-22-11-13-27(14-12-22,31-15-7-4-8-16-31)18-21-9-5-3-6-10-21;1-19(28-25(32)33-18-20-8-5-4-6-9-20)24(31)29-23-12-14-26(15-13-23,30(2)3)17-21-10-7-11-22(27)16-21/h3,5-6,9-10,20,22-23,28H,4,7-8,11-19H2,1-2H3,(H,29,33)(H,30,32)(H,34,35);4-11,16,19,23H,12-15,17-18H2,1-3H3,(H,28,32)(H,29,31). The summed E-state index contributed by atoms with van der Waals surface area (Å²) in [5, 5.41) is 23.1. The highest BCUT2D eigenvalue weighted by Gasteiger charge is 2.42. The van der Waals surface area contributed by atoms with Crippen LogP contribution in [0, 0.1) is 5.92 Å². The molecule has 372 valence electrons. The molecular formula is C53H76ClN7O7. The van der Waals surface area contributed by atoms with Gasteiger partial charge in [0.15, 0.2) is 0 Å². The van der Waals surface area contributed by atoms with Crippen LogP contribution in [0.25, 0.3) is 0 Å². The number of piperidine rings is 1. The third-order valence-electron chi connectivity index (χ3n) is 14.0. The van der Waals surface area contributed by atoms with E-state index in [4.69, 9.17) is 21.4 Å². The molecule has 1 heterocycles. The molecule has 0 radical (unpaired) electrons. The average molecular weight is 959 g/mol. The number of carbonyl (C=O) groups is 5. The summed E-state index contributed by atoms with van der Waals surface area (Å²) in [5.41, 5.74) is 3.67. The monoisotopic (exact) mass is 958 g/mol. The first-order chi connectivity index (χ1) is 32.5. The first kappa shape index (κ1) is 53.8. The van der Waals surface area contributed by atoms with Gasteiger partial charge >= 0.3 is 12.2 Å². The van der Waals surface area contributed by atoms with Crippen molar-refractivity contribution in [3.63, 3.8) is 0 Å². The highest BCUT2D eigenvalue weighted by atomic mass is 35.5. The van der Waals surface area contributed by atoms with Crippen molar-refractivity contribution in [2.45, 2.75) is 153 Å². The zero-order valence-corrected chi connectivity index (χ0v) is 41.6. The van der Waals surface area contributed by atoms with E-state index in [0.717, 1.165) is 87.9 Å². The van der Waals surface area contributed by atoms with Crippen molar-refractivity contribution in [1.82, 2.24) is 36.4 Å². The van der Waals surface area contributed by atoms with Gasteiger partial charge in [-0.2, -0.15) is 0 Å². The zero-order chi connectivity index (χ0) is 49.1. The highest BCUT2D eigenvalue weighted by molar-refractivity contribution is 6.30. The van der Waals surface area contributed by atoms with E-state index in [9.17, 15) is 24.0 Å². The number of rotatable bonds is 18. The summed E-state index contributed by atoms with van der Waals surface area (Å²) in [6, 6.07) is 27.0. The Hall–Kier alpha value is -5.18. The number of alkyl carbamates (subject to hydrolysis) is 1. The molecule has 2 unspecified atom stereocenters. The van der Waals surface area contributed by atoms with Gasteiger partial charge in [0.25, 0.3) is 0 Å². The molecule has 3 aliphatic rings. The number of carboxylic acid groups (broad SMARTS) is 1. The van der Waals surface area contributed by atoms with Gasteiger partial charge in [-0.1, -0.05) is 105 Å². The van der Waals surface area contributed by atoms with Crippen LogP contribution in [0.5, 0.6) is 0 Å². The molecule has 15 heteroatoms. The maximum absolute atomic E-state index is 13.1. The lowest BCUT2D eigenvalue weighted by molar-refractivity contribution is -0.129. The van der Waals surface area contributed by atoms with Crippen molar-refractivity contribution in [2.24, 2.45) is 5.92 Å². The van der Waals surface area contributed by atoms with Gasteiger partial charge in [-0.15, -0.1) is 0 Å². The van der Waals surface area contributed by atoms with Crippen LogP contribution >= 0.6 is 11.6 Å². The van der Waals surface area contributed by atoms with E-state index in [1.807, 2.05) is 62.4 Å². The number of benzene rings is 3. The molecule has 3 aromatic carbocycles. The predicted molar refractivity (Wildman–Crippen MR) is 267 cm³/mol. The summed E-state index contributed by atoms with van der Waals surface area (Å²) in [5.74, 6) is -0.656. The lowest BCUT2D eigenvalue weighted by atomic mass is 9.73. The molecule has 3 aromatic rings. The van der Waals surface area contributed by atoms with Gasteiger partial charge in [-0.25, -0.2) is 9.59 Å². The molecule has 6 N–H and O–H groups in total. The molecule has 6 rings (SSSR count). The molecule has 0 aromatic heterocycles. The number of halogens is 1. The fourth-order valence-electron chi connectivity index (χ4n) is 10.1. The summed E-state index contributed by atoms with van der Waals surface area (Å²) in [6.07, 6.45) is 12.0. The Bertz CT molecular complexity index is 2050. The molecule has 0 bridgehead atoms. The second-order valence-corrected chi connectivity index (χ2v) is 20.2. The van der Waals surface area contributed by atoms with Crippen molar-refractivity contribution in [1.29, 1.82) is 0 Å². The number of nitrogens with zero attached hydrogens (tertiary/aromatic N) is 2. The number of nitrogens with one attached hydrogen (secondary N) is 5. The van der Waals surface area contributed by atoms with E-state index in [1.54, 1.807) is 6.92 Å². The van der Waals surface area contributed by atoms with E-state index >= 15 is 0 Å². The van der Waals surface area contributed by atoms with Crippen LogP contribution in [0.4, 0.5) is 9.59 Å². The molecule has 2 saturated carbocycles. The minimum Gasteiger partial charge on any atom is -0.465 e. The molecular weight excluding hydrogens is 882 g/mol. The summed E-state index contributed by atoms with van der Waals surface area (Å²) in [7, 11) is 4.24. The number of hydrogen-bond acceptors (Lipinski definition) is 8. The van der Waals surface area contributed by atoms with E-state index in [2.05, 4.69) is 86.9 Å².